The molecule has 110 valence electrons. The maximum Gasteiger partial charge on any atom is 0.307 e. The average Bonchev–Trinajstić information content (AvgIpc) is 2.86. The van der Waals surface area contributed by atoms with E-state index < -0.39 is 0 Å². The number of ether oxygens (including phenoxy) is 1. The number of aryl methyl sites for hydroxylation is 1. The summed E-state index contributed by atoms with van der Waals surface area (Å²) in [6.45, 7) is 2.65. The molecule has 0 radical (unpaired) electrons. The first kappa shape index (κ1) is 15.0. The molecule has 1 atom stereocenters. The van der Waals surface area contributed by atoms with Gasteiger partial charge in [-0.3, -0.25) is 9.59 Å². The van der Waals surface area contributed by atoms with Crippen LogP contribution in [0.1, 0.15) is 39.9 Å². The number of fused-ring (bicyclic) bond motifs is 1. The molecule has 1 heterocycles. The van der Waals surface area contributed by atoms with Crippen LogP contribution in [0.15, 0.2) is 6.07 Å². The molecule has 0 saturated carbocycles. The largest absolute Gasteiger partial charge is 0.469 e. The standard InChI is InChI=1S/C15H21NO3S/c1-10-4-5-12-11(8-10)9-13(20-12)15(18)16(2)7-6-14(17)19-3/h9-10H,4-8H2,1-3H3. The van der Waals surface area contributed by atoms with Crippen LogP contribution in [0.2, 0.25) is 0 Å². The van der Waals surface area contributed by atoms with Crippen LogP contribution in [0.5, 0.6) is 0 Å². The first-order valence-corrected chi connectivity index (χ1v) is 7.76. The first-order chi connectivity index (χ1) is 9.51. The van der Waals surface area contributed by atoms with E-state index in [2.05, 4.69) is 11.7 Å². The Morgan fingerprint density at radius 3 is 2.95 bits per heavy atom. The quantitative estimate of drug-likeness (QED) is 0.802. The Kier molecular flexibility index (Phi) is 4.81. The van der Waals surface area contributed by atoms with E-state index in [0.717, 1.165) is 17.7 Å². The van der Waals surface area contributed by atoms with Crippen LogP contribution in [0, 0.1) is 5.92 Å². The number of rotatable bonds is 4. The molecule has 20 heavy (non-hydrogen) atoms. The lowest BCUT2D eigenvalue weighted by Crippen LogP contribution is -2.28. The molecule has 1 aliphatic carbocycles. The van der Waals surface area contributed by atoms with E-state index in [1.165, 1.54) is 24.0 Å². The van der Waals surface area contributed by atoms with Gasteiger partial charge in [0.05, 0.1) is 18.4 Å². The summed E-state index contributed by atoms with van der Waals surface area (Å²) in [5, 5.41) is 0. The van der Waals surface area contributed by atoms with Crippen LogP contribution < -0.4 is 0 Å². The fourth-order valence-electron chi connectivity index (χ4n) is 2.46. The summed E-state index contributed by atoms with van der Waals surface area (Å²) in [4.78, 5) is 27.2. The lowest BCUT2D eigenvalue weighted by atomic mass is 9.90. The van der Waals surface area contributed by atoms with E-state index in [4.69, 9.17) is 0 Å². The molecule has 0 saturated heterocycles. The number of thiophene rings is 1. The third kappa shape index (κ3) is 3.39. The van der Waals surface area contributed by atoms with Gasteiger partial charge >= 0.3 is 5.97 Å². The highest BCUT2D eigenvalue weighted by Crippen LogP contribution is 2.32. The van der Waals surface area contributed by atoms with Crippen molar-refractivity contribution in [3.63, 3.8) is 0 Å². The van der Waals surface area contributed by atoms with Crippen LogP contribution in [0.25, 0.3) is 0 Å². The summed E-state index contributed by atoms with van der Waals surface area (Å²) in [6, 6.07) is 2.03. The molecule has 0 fully saturated rings. The molecule has 0 spiro atoms. The Hall–Kier alpha value is -1.36. The zero-order valence-electron chi connectivity index (χ0n) is 12.3. The van der Waals surface area contributed by atoms with Crippen molar-refractivity contribution in [2.45, 2.75) is 32.6 Å². The van der Waals surface area contributed by atoms with Gasteiger partial charge in [-0.1, -0.05) is 6.92 Å². The molecule has 0 N–H and O–H groups in total. The van der Waals surface area contributed by atoms with Crippen molar-refractivity contribution >= 4 is 23.2 Å². The molecule has 2 rings (SSSR count). The normalized spacial score (nSPS) is 17.4. The van der Waals surface area contributed by atoms with E-state index in [9.17, 15) is 9.59 Å². The van der Waals surface area contributed by atoms with Crippen LogP contribution >= 0.6 is 11.3 Å². The predicted molar refractivity (Wildman–Crippen MR) is 79.1 cm³/mol. The van der Waals surface area contributed by atoms with E-state index in [0.29, 0.717) is 12.5 Å². The Morgan fingerprint density at radius 1 is 1.50 bits per heavy atom. The minimum absolute atomic E-state index is 0.000885. The van der Waals surface area contributed by atoms with Crippen molar-refractivity contribution in [3.05, 3.63) is 21.4 Å². The molecule has 0 aromatic carbocycles. The van der Waals surface area contributed by atoms with Crippen molar-refractivity contribution in [1.82, 2.24) is 4.90 Å². The van der Waals surface area contributed by atoms with Gasteiger partial charge in [-0.25, -0.2) is 0 Å². The van der Waals surface area contributed by atoms with Crippen molar-refractivity contribution in [2.24, 2.45) is 5.92 Å². The molecular formula is C15H21NO3S. The molecule has 1 aliphatic rings. The van der Waals surface area contributed by atoms with Gasteiger partial charge in [0, 0.05) is 18.5 Å². The maximum atomic E-state index is 12.3. The molecule has 1 aromatic heterocycles. The monoisotopic (exact) mass is 295 g/mol. The van der Waals surface area contributed by atoms with E-state index in [-0.39, 0.29) is 18.3 Å². The summed E-state index contributed by atoms with van der Waals surface area (Å²) in [7, 11) is 3.09. The van der Waals surface area contributed by atoms with Crippen LogP contribution in [0.4, 0.5) is 0 Å². The van der Waals surface area contributed by atoms with Crippen LogP contribution in [-0.4, -0.2) is 37.5 Å². The highest BCUT2D eigenvalue weighted by Gasteiger charge is 2.22. The fraction of sp³-hybridized carbons (Fsp3) is 0.600. The number of carbonyl (C=O) groups is 2. The summed E-state index contributed by atoms with van der Waals surface area (Å²) in [6.07, 6.45) is 3.60. The number of esters is 1. The number of nitrogens with zero attached hydrogens (tertiary/aromatic N) is 1. The zero-order valence-corrected chi connectivity index (χ0v) is 13.1. The van der Waals surface area contributed by atoms with Gasteiger partial charge in [0.25, 0.3) is 5.91 Å². The van der Waals surface area contributed by atoms with Crippen molar-refractivity contribution < 1.29 is 14.3 Å². The van der Waals surface area contributed by atoms with Gasteiger partial charge in [0.15, 0.2) is 0 Å². The van der Waals surface area contributed by atoms with Gasteiger partial charge < -0.3 is 9.64 Å². The Labute approximate surface area is 123 Å². The fourth-order valence-corrected chi connectivity index (χ4v) is 3.66. The van der Waals surface area contributed by atoms with Gasteiger partial charge in [0.1, 0.15) is 0 Å². The molecule has 5 heteroatoms. The number of hydrogen-bond acceptors (Lipinski definition) is 4. The highest BCUT2D eigenvalue weighted by molar-refractivity contribution is 7.14. The van der Waals surface area contributed by atoms with Crippen LogP contribution in [-0.2, 0) is 22.4 Å². The van der Waals surface area contributed by atoms with E-state index in [1.807, 2.05) is 6.07 Å². The van der Waals surface area contributed by atoms with Gasteiger partial charge in [0.2, 0.25) is 0 Å². The summed E-state index contributed by atoms with van der Waals surface area (Å²) in [5.74, 6) is 0.419. The molecule has 1 amide bonds. The lowest BCUT2D eigenvalue weighted by Gasteiger charge is -2.16. The summed E-state index contributed by atoms with van der Waals surface area (Å²) >= 11 is 1.61. The Morgan fingerprint density at radius 2 is 2.25 bits per heavy atom. The molecule has 1 aromatic rings. The molecule has 0 aliphatic heterocycles. The molecule has 1 unspecified atom stereocenters. The second kappa shape index (κ2) is 6.39. The van der Waals surface area contributed by atoms with E-state index in [1.54, 1.807) is 23.3 Å². The van der Waals surface area contributed by atoms with E-state index >= 15 is 0 Å². The van der Waals surface area contributed by atoms with Crippen molar-refractivity contribution in [3.8, 4) is 0 Å². The Bertz CT molecular complexity index is 509. The predicted octanol–water partition coefficient (Wildman–Crippen LogP) is 2.51. The third-order valence-electron chi connectivity index (χ3n) is 3.77. The van der Waals surface area contributed by atoms with Gasteiger partial charge in [-0.05, 0) is 36.8 Å². The molecular weight excluding hydrogens is 274 g/mol. The van der Waals surface area contributed by atoms with Gasteiger partial charge in [-0.2, -0.15) is 0 Å². The smallest absolute Gasteiger partial charge is 0.307 e. The topological polar surface area (TPSA) is 46.6 Å². The second-order valence-corrected chi connectivity index (χ2v) is 6.60. The SMILES string of the molecule is COC(=O)CCN(C)C(=O)c1cc2c(s1)CCC(C)C2. The van der Waals surface area contributed by atoms with Crippen LogP contribution in [0.3, 0.4) is 0 Å². The van der Waals surface area contributed by atoms with Crippen molar-refractivity contribution in [1.29, 1.82) is 0 Å². The molecule has 0 bridgehead atoms. The average molecular weight is 295 g/mol. The summed E-state index contributed by atoms with van der Waals surface area (Å²) in [5.41, 5.74) is 1.33. The third-order valence-corrected chi connectivity index (χ3v) is 4.99. The number of carbonyl (C=O) groups excluding carboxylic acids is 2. The lowest BCUT2D eigenvalue weighted by molar-refractivity contribution is -0.140. The number of hydrogen-bond donors (Lipinski definition) is 0. The number of amides is 1. The van der Waals surface area contributed by atoms with Crippen molar-refractivity contribution in [2.75, 3.05) is 20.7 Å². The molecule has 4 nitrogen and oxygen atoms in total. The van der Waals surface area contributed by atoms with Gasteiger partial charge in [-0.15, -0.1) is 11.3 Å². The number of methoxy groups -OCH3 is 1. The zero-order chi connectivity index (χ0) is 14.7. The maximum absolute atomic E-state index is 12.3. The Balaban J connectivity index is 2.00. The second-order valence-electron chi connectivity index (χ2n) is 5.46. The summed E-state index contributed by atoms with van der Waals surface area (Å²) < 4.78 is 4.59. The minimum atomic E-state index is -0.288. The minimum Gasteiger partial charge on any atom is -0.469 e. The highest BCUT2D eigenvalue weighted by atomic mass is 32.1. The first-order valence-electron chi connectivity index (χ1n) is 6.95.